The maximum absolute atomic E-state index is 13.9. The van der Waals surface area contributed by atoms with Crippen LogP contribution < -0.4 is 11.1 Å². The number of hydrogen-bond acceptors (Lipinski definition) is 8. The Morgan fingerprint density at radius 2 is 1.90 bits per heavy atom. The third-order valence-corrected chi connectivity index (χ3v) is 8.62. The standard InChI is InChI=1S/C29H33N3O7/c1-13(2)20-18-10-15-9-17-14(11-31-12-16-5-4-8-32(16)3)6-7-19(33)22(17)25(35)21(15)26(36)29(18,39)27(37)23(24(20)34)28(30)38/h4-8,13,15,18,20,31,33,35,37,39H,9-12H2,1-3H3,(H2,30,38)/t15-,18-,20-,29-/m0/s1. The lowest BCUT2D eigenvalue weighted by atomic mass is 9.54. The maximum atomic E-state index is 13.9. The second kappa shape index (κ2) is 9.39. The summed E-state index contributed by atoms with van der Waals surface area (Å²) in [4.78, 5) is 39.2. The van der Waals surface area contributed by atoms with Crippen LogP contribution in [0.15, 0.2) is 47.4 Å². The van der Waals surface area contributed by atoms with Crippen molar-refractivity contribution in [1.29, 1.82) is 0 Å². The fraction of sp³-hybridized carbons (Fsp3) is 0.414. The van der Waals surface area contributed by atoms with Crippen molar-refractivity contribution in [2.45, 2.75) is 45.4 Å². The van der Waals surface area contributed by atoms with Crippen LogP contribution in [0.5, 0.6) is 5.75 Å². The molecular weight excluding hydrogens is 502 g/mol. The zero-order valence-corrected chi connectivity index (χ0v) is 22.1. The Labute approximate surface area is 225 Å². The van der Waals surface area contributed by atoms with Gasteiger partial charge in [0, 0.05) is 49.4 Å². The molecule has 0 unspecified atom stereocenters. The normalized spacial score (nSPS) is 26.5. The second-order valence-electron chi connectivity index (χ2n) is 11.1. The topological polar surface area (TPSA) is 175 Å². The molecule has 7 N–H and O–H groups in total. The lowest BCUT2D eigenvalue weighted by molar-refractivity contribution is -0.155. The molecule has 10 heteroatoms. The van der Waals surface area contributed by atoms with Gasteiger partial charge in [-0.25, -0.2) is 0 Å². The molecule has 206 valence electrons. The van der Waals surface area contributed by atoms with Crippen molar-refractivity contribution in [2.75, 3.05) is 0 Å². The first-order valence-corrected chi connectivity index (χ1v) is 13.0. The SMILES string of the molecule is CC(C)[C@@H]1C(=O)C(C(N)=O)=C(O)[C@@]2(O)C(=O)C3=C(O)c4c(O)ccc(CNCc5cccn5C)c4C[C@H]3C[C@@H]12. The van der Waals surface area contributed by atoms with Gasteiger partial charge in [0.15, 0.2) is 11.4 Å². The summed E-state index contributed by atoms with van der Waals surface area (Å²) in [5, 5.41) is 48.0. The van der Waals surface area contributed by atoms with E-state index in [2.05, 4.69) is 5.32 Å². The molecule has 0 radical (unpaired) electrons. The summed E-state index contributed by atoms with van der Waals surface area (Å²) < 4.78 is 2.00. The lowest BCUT2D eigenvalue weighted by Gasteiger charge is -2.50. The van der Waals surface area contributed by atoms with E-state index in [1.54, 1.807) is 19.9 Å². The molecule has 1 aromatic carbocycles. The first kappa shape index (κ1) is 26.7. The minimum absolute atomic E-state index is 0.0949. The van der Waals surface area contributed by atoms with Gasteiger partial charge < -0.3 is 36.0 Å². The number of aromatic hydroxyl groups is 1. The summed E-state index contributed by atoms with van der Waals surface area (Å²) >= 11 is 0. The van der Waals surface area contributed by atoms with Gasteiger partial charge in [-0.05, 0) is 54.0 Å². The minimum atomic E-state index is -2.60. The van der Waals surface area contributed by atoms with Crippen molar-refractivity contribution in [1.82, 2.24) is 9.88 Å². The third kappa shape index (κ3) is 3.89. The third-order valence-electron chi connectivity index (χ3n) is 8.62. The van der Waals surface area contributed by atoms with Gasteiger partial charge >= 0.3 is 0 Å². The Balaban J connectivity index is 1.58. The molecule has 0 bridgehead atoms. The van der Waals surface area contributed by atoms with Gasteiger partial charge in [0.1, 0.15) is 22.8 Å². The predicted octanol–water partition coefficient (Wildman–Crippen LogP) is 1.93. The number of nitrogens with zero attached hydrogens (tertiary/aromatic N) is 1. The van der Waals surface area contributed by atoms with Crippen molar-refractivity contribution in [3.8, 4) is 5.75 Å². The van der Waals surface area contributed by atoms with Crippen molar-refractivity contribution >= 4 is 23.2 Å². The summed E-state index contributed by atoms with van der Waals surface area (Å²) in [6.07, 6.45) is 2.32. The number of phenolic OH excluding ortho intramolecular Hbond substituents is 1. The molecule has 0 spiro atoms. The number of Topliss-reactive ketones (excluding diaryl/α,β-unsaturated/α-hetero) is 2. The fourth-order valence-corrected chi connectivity index (χ4v) is 6.72. The van der Waals surface area contributed by atoms with Gasteiger partial charge in [0.25, 0.3) is 5.91 Å². The van der Waals surface area contributed by atoms with Gasteiger partial charge in [0.2, 0.25) is 5.78 Å². The van der Waals surface area contributed by atoms with Crippen molar-refractivity contribution in [2.24, 2.45) is 36.5 Å². The second-order valence-corrected chi connectivity index (χ2v) is 11.1. The van der Waals surface area contributed by atoms with Gasteiger partial charge in [-0.2, -0.15) is 0 Å². The zero-order valence-electron chi connectivity index (χ0n) is 22.1. The number of nitrogens with one attached hydrogen (secondary N) is 1. The molecule has 4 atom stereocenters. The average Bonchev–Trinajstić information content (AvgIpc) is 3.26. The molecule has 3 aliphatic carbocycles. The van der Waals surface area contributed by atoms with Crippen molar-refractivity contribution in [3.05, 3.63) is 69.8 Å². The number of ketones is 2. The van der Waals surface area contributed by atoms with E-state index in [1.807, 2.05) is 29.9 Å². The van der Waals surface area contributed by atoms with Crippen LogP contribution in [-0.2, 0) is 40.9 Å². The fourth-order valence-electron chi connectivity index (χ4n) is 6.72. The van der Waals surface area contributed by atoms with Crippen LogP contribution in [0.4, 0.5) is 0 Å². The highest BCUT2D eigenvalue weighted by molar-refractivity contribution is 6.23. The van der Waals surface area contributed by atoms with Crippen molar-refractivity contribution < 1.29 is 34.8 Å². The highest BCUT2D eigenvalue weighted by Crippen LogP contribution is 2.54. The number of phenols is 1. The Kier molecular flexibility index (Phi) is 6.43. The molecule has 1 heterocycles. The largest absolute Gasteiger partial charge is 0.508 e. The Bertz CT molecular complexity index is 1470. The number of nitrogens with two attached hydrogens (primary N) is 1. The van der Waals surface area contributed by atoms with E-state index >= 15 is 0 Å². The summed E-state index contributed by atoms with van der Waals surface area (Å²) in [5.41, 5.74) is 4.51. The molecule has 1 amide bonds. The van der Waals surface area contributed by atoms with E-state index in [0.717, 1.165) is 11.3 Å². The molecule has 0 saturated heterocycles. The molecule has 1 fully saturated rings. The van der Waals surface area contributed by atoms with E-state index in [-0.39, 0.29) is 35.6 Å². The number of carbonyl (C=O) groups excluding carboxylic acids is 3. The predicted molar refractivity (Wildman–Crippen MR) is 141 cm³/mol. The maximum Gasteiger partial charge on any atom is 0.255 e. The molecule has 3 aliphatic rings. The first-order valence-electron chi connectivity index (χ1n) is 13.0. The van der Waals surface area contributed by atoms with E-state index in [1.165, 1.54) is 6.07 Å². The molecule has 39 heavy (non-hydrogen) atoms. The molecule has 10 nitrogen and oxygen atoms in total. The number of aromatic nitrogens is 1. The van der Waals surface area contributed by atoms with Crippen LogP contribution in [0.1, 0.15) is 42.7 Å². The number of aliphatic hydroxyl groups is 3. The van der Waals surface area contributed by atoms with Crippen LogP contribution >= 0.6 is 0 Å². The summed E-state index contributed by atoms with van der Waals surface area (Å²) in [7, 11) is 1.95. The average molecular weight is 536 g/mol. The number of benzene rings is 1. The molecule has 2 aromatic rings. The monoisotopic (exact) mass is 535 g/mol. The van der Waals surface area contributed by atoms with E-state index in [4.69, 9.17) is 5.73 Å². The summed E-state index contributed by atoms with van der Waals surface area (Å²) in [6.45, 7) is 4.50. The van der Waals surface area contributed by atoms with E-state index in [9.17, 15) is 34.8 Å². The van der Waals surface area contributed by atoms with Crippen LogP contribution in [-0.4, -0.2) is 48.1 Å². The molecule has 1 aromatic heterocycles. The van der Waals surface area contributed by atoms with Crippen LogP contribution in [0.25, 0.3) is 5.76 Å². The molecule has 5 rings (SSSR count). The summed E-state index contributed by atoms with van der Waals surface area (Å²) in [5.74, 6) is -7.63. The number of primary amides is 1. The summed E-state index contributed by atoms with van der Waals surface area (Å²) in [6, 6.07) is 7.15. The van der Waals surface area contributed by atoms with Crippen molar-refractivity contribution in [3.63, 3.8) is 0 Å². The lowest BCUT2D eigenvalue weighted by Crippen LogP contribution is -2.62. The Morgan fingerprint density at radius 3 is 2.51 bits per heavy atom. The van der Waals surface area contributed by atoms with E-state index < -0.39 is 57.9 Å². The molecular formula is C29H33N3O7. The van der Waals surface area contributed by atoms with Crippen LogP contribution in [0, 0.1) is 23.7 Å². The number of rotatable bonds is 6. The number of aliphatic hydroxyl groups excluding tert-OH is 2. The van der Waals surface area contributed by atoms with Gasteiger partial charge in [-0.15, -0.1) is 0 Å². The highest BCUT2D eigenvalue weighted by atomic mass is 16.3. The highest BCUT2D eigenvalue weighted by Gasteiger charge is 2.64. The Hall–Kier alpha value is -3.89. The quantitative estimate of drug-likeness (QED) is 0.304. The number of hydrogen-bond donors (Lipinski definition) is 6. The van der Waals surface area contributed by atoms with Gasteiger partial charge in [0.05, 0.1) is 5.56 Å². The minimum Gasteiger partial charge on any atom is -0.508 e. The molecule has 1 saturated carbocycles. The smallest absolute Gasteiger partial charge is 0.255 e. The zero-order chi connectivity index (χ0) is 28.4. The van der Waals surface area contributed by atoms with E-state index in [0.29, 0.717) is 18.7 Å². The molecule has 0 aliphatic heterocycles. The van der Waals surface area contributed by atoms with Gasteiger partial charge in [-0.1, -0.05) is 19.9 Å². The Morgan fingerprint density at radius 1 is 1.18 bits per heavy atom. The first-order chi connectivity index (χ1) is 18.4. The number of aryl methyl sites for hydroxylation is 1. The van der Waals surface area contributed by atoms with Crippen LogP contribution in [0.3, 0.4) is 0 Å². The number of carbonyl (C=O) groups is 3. The number of amides is 1. The van der Waals surface area contributed by atoms with Crippen LogP contribution in [0.2, 0.25) is 0 Å². The van der Waals surface area contributed by atoms with Gasteiger partial charge in [-0.3, -0.25) is 14.4 Å². The number of fused-ring (bicyclic) bond motifs is 3.